The maximum absolute atomic E-state index is 11.4. The van der Waals surface area contributed by atoms with Gasteiger partial charge in [0.15, 0.2) is 0 Å². The number of carbonyl (C=O) groups is 1. The normalized spacial score (nSPS) is 22.0. The van der Waals surface area contributed by atoms with Gasteiger partial charge < -0.3 is 15.1 Å². The molecule has 142 valence electrons. The number of aliphatic hydroxyl groups is 1. The van der Waals surface area contributed by atoms with Crippen LogP contribution in [0.3, 0.4) is 0 Å². The second-order valence-electron chi connectivity index (χ2n) is 7.66. The Labute approximate surface area is 155 Å². The molecular formula is C21H30N2O3. The highest BCUT2D eigenvalue weighted by molar-refractivity contribution is 5.65. The number of benzene rings is 1. The van der Waals surface area contributed by atoms with Gasteiger partial charge in [0.1, 0.15) is 0 Å². The van der Waals surface area contributed by atoms with Crippen molar-refractivity contribution in [1.82, 2.24) is 9.80 Å². The number of carboxylic acid groups (broad SMARTS) is 1. The van der Waals surface area contributed by atoms with Gasteiger partial charge in [-0.15, -0.1) is 0 Å². The summed E-state index contributed by atoms with van der Waals surface area (Å²) in [5, 5.41) is 20.6. The summed E-state index contributed by atoms with van der Waals surface area (Å²) in [6, 6.07) is 8.34. The third-order valence-corrected chi connectivity index (χ3v) is 6.03. The van der Waals surface area contributed by atoms with Crippen LogP contribution in [0.1, 0.15) is 49.1 Å². The fourth-order valence-corrected chi connectivity index (χ4v) is 4.34. The molecule has 1 aromatic rings. The standard InChI is InChI=1S/C21H30N2O3/c1-2-17-6-8-18(9-7-17)19(21(26)10-4-3-5-11-21)16-22-12-14-23(15-13-22)20(24)25/h2,6-9,19,26H,1,3-5,10-16H2,(H,24,25). The van der Waals surface area contributed by atoms with E-state index in [-0.39, 0.29) is 5.92 Å². The van der Waals surface area contributed by atoms with E-state index < -0.39 is 11.7 Å². The number of hydrogen-bond donors (Lipinski definition) is 2. The molecule has 0 aromatic heterocycles. The molecule has 1 amide bonds. The smallest absolute Gasteiger partial charge is 0.407 e. The Bertz CT molecular complexity index is 615. The number of rotatable bonds is 5. The summed E-state index contributed by atoms with van der Waals surface area (Å²) in [6.45, 7) is 7.12. The molecule has 1 aromatic carbocycles. The summed E-state index contributed by atoms with van der Waals surface area (Å²) in [6.07, 6.45) is 6.02. The van der Waals surface area contributed by atoms with Crippen molar-refractivity contribution < 1.29 is 15.0 Å². The second kappa shape index (κ2) is 8.23. The van der Waals surface area contributed by atoms with Gasteiger partial charge in [-0.3, -0.25) is 4.90 Å². The van der Waals surface area contributed by atoms with Crippen LogP contribution in [0.2, 0.25) is 0 Å². The van der Waals surface area contributed by atoms with Crippen LogP contribution in [-0.4, -0.2) is 64.4 Å². The molecule has 2 fully saturated rings. The molecule has 5 heteroatoms. The first-order chi connectivity index (χ1) is 12.5. The molecule has 1 atom stereocenters. The van der Waals surface area contributed by atoms with Crippen molar-refractivity contribution in [2.24, 2.45) is 0 Å². The van der Waals surface area contributed by atoms with Crippen molar-refractivity contribution in [1.29, 1.82) is 0 Å². The zero-order chi connectivity index (χ0) is 18.6. The third kappa shape index (κ3) is 4.27. The zero-order valence-corrected chi connectivity index (χ0v) is 15.4. The summed E-state index contributed by atoms with van der Waals surface area (Å²) in [7, 11) is 0. The minimum Gasteiger partial charge on any atom is -0.465 e. The minimum atomic E-state index is -0.841. The lowest BCUT2D eigenvalue weighted by Gasteiger charge is -2.43. The van der Waals surface area contributed by atoms with E-state index in [9.17, 15) is 9.90 Å². The van der Waals surface area contributed by atoms with Crippen LogP contribution < -0.4 is 0 Å². The van der Waals surface area contributed by atoms with Gasteiger partial charge in [-0.25, -0.2) is 4.79 Å². The molecule has 1 heterocycles. The number of hydrogen-bond acceptors (Lipinski definition) is 3. The molecule has 1 saturated heterocycles. The molecule has 0 radical (unpaired) electrons. The van der Waals surface area contributed by atoms with E-state index in [1.807, 2.05) is 6.08 Å². The quantitative estimate of drug-likeness (QED) is 0.847. The predicted molar refractivity (Wildman–Crippen MR) is 103 cm³/mol. The largest absolute Gasteiger partial charge is 0.465 e. The lowest BCUT2D eigenvalue weighted by Crippen LogP contribution is -2.51. The molecule has 2 aliphatic rings. The molecule has 3 rings (SSSR count). The maximum Gasteiger partial charge on any atom is 0.407 e. The maximum atomic E-state index is 11.4. The molecule has 26 heavy (non-hydrogen) atoms. The van der Waals surface area contributed by atoms with Gasteiger partial charge in [-0.2, -0.15) is 0 Å². The van der Waals surface area contributed by atoms with E-state index in [4.69, 9.17) is 5.11 Å². The SMILES string of the molecule is C=Cc1ccc(C(CN2CCN(C(=O)O)CC2)C2(O)CCCCC2)cc1. The van der Waals surface area contributed by atoms with Crippen LogP contribution in [0.25, 0.3) is 6.08 Å². The van der Waals surface area contributed by atoms with Crippen molar-refractivity contribution >= 4 is 12.2 Å². The fourth-order valence-electron chi connectivity index (χ4n) is 4.34. The van der Waals surface area contributed by atoms with Gasteiger partial charge in [-0.1, -0.05) is 56.2 Å². The van der Waals surface area contributed by atoms with Crippen LogP contribution >= 0.6 is 0 Å². The van der Waals surface area contributed by atoms with Crippen LogP contribution in [0.15, 0.2) is 30.8 Å². The Morgan fingerprint density at radius 2 is 1.73 bits per heavy atom. The first-order valence-corrected chi connectivity index (χ1v) is 9.67. The monoisotopic (exact) mass is 358 g/mol. The van der Waals surface area contributed by atoms with E-state index in [0.717, 1.165) is 50.9 Å². The van der Waals surface area contributed by atoms with Crippen LogP contribution in [-0.2, 0) is 0 Å². The summed E-state index contributed by atoms with van der Waals surface area (Å²) < 4.78 is 0. The first-order valence-electron chi connectivity index (χ1n) is 9.67. The minimum absolute atomic E-state index is 0.0537. The Balaban J connectivity index is 1.76. The molecule has 2 N–H and O–H groups in total. The first kappa shape index (κ1) is 18.9. The van der Waals surface area contributed by atoms with Gasteiger partial charge in [0.2, 0.25) is 0 Å². The van der Waals surface area contributed by atoms with Crippen molar-refractivity contribution in [3.63, 3.8) is 0 Å². The van der Waals surface area contributed by atoms with E-state index >= 15 is 0 Å². The Morgan fingerprint density at radius 3 is 2.27 bits per heavy atom. The Kier molecular flexibility index (Phi) is 5.99. The molecule has 1 unspecified atom stereocenters. The third-order valence-electron chi connectivity index (χ3n) is 6.03. The second-order valence-corrected chi connectivity index (χ2v) is 7.66. The zero-order valence-electron chi connectivity index (χ0n) is 15.4. The van der Waals surface area contributed by atoms with Crippen LogP contribution in [0.5, 0.6) is 0 Å². The molecule has 0 bridgehead atoms. The molecule has 1 aliphatic heterocycles. The van der Waals surface area contributed by atoms with Crippen molar-refractivity contribution in [3.8, 4) is 0 Å². The van der Waals surface area contributed by atoms with Crippen LogP contribution in [0, 0.1) is 0 Å². The molecule has 0 spiro atoms. The van der Waals surface area contributed by atoms with E-state index in [0.29, 0.717) is 13.1 Å². The summed E-state index contributed by atoms with van der Waals surface area (Å²) >= 11 is 0. The number of nitrogens with zero attached hydrogens (tertiary/aromatic N) is 2. The molecule has 5 nitrogen and oxygen atoms in total. The van der Waals surface area contributed by atoms with E-state index in [2.05, 4.69) is 35.7 Å². The van der Waals surface area contributed by atoms with Gasteiger partial charge in [0, 0.05) is 38.6 Å². The highest BCUT2D eigenvalue weighted by Gasteiger charge is 2.40. The van der Waals surface area contributed by atoms with E-state index in [1.54, 1.807) is 0 Å². The van der Waals surface area contributed by atoms with Gasteiger partial charge in [0.25, 0.3) is 0 Å². The Morgan fingerprint density at radius 1 is 1.12 bits per heavy atom. The number of piperazine rings is 1. The van der Waals surface area contributed by atoms with Gasteiger partial charge in [0.05, 0.1) is 5.60 Å². The van der Waals surface area contributed by atoms with Crippen molar-refractivity contribution in [2.45, 2.75) is 43.6 Å². The fraction of sp³-hybridized carbons (Fsp3) is 0.571. The Hall–Kier alpha value is -1.85. The lowest BCUT2D eigenvalue weighted by atomic mass is 9.72. The number of amides is 1. The lowest BCUT2D eigenvalue weighted by molar-refractivity contribution is -0.0338. The summed E-state index contributed by atoms with van der Waals surface area (Å²) in [5.41, 5.74) is 1.58. The molecule has 1 aliphatic carbocycles. The van der Waals surface area contributed by atoms with Crippen molar-refractivity contribution in [3.05, 3.63) is 42.0 Å². The van der Waals surface area contributed by atoms with Gasteiger partial charge >= 0.3 is 6.09 Å². The molecular weight excluding hydrogens is 328 g/mol. The average Bonchev–Trinajstić information content (AvgIpc) is 2.67. The van der Waals surface area contributed by atoms with Crippen LogP contribution in [0.4, 0.5) is 4.79 Å². The van der Waals surface area contributed by atoms with Crippen molar-refractivity contribution in [2.75, 3.05) is 32.7 Å². The highest BCUT2D eigenvalue weighted by atomic mass is 16.4. The molecule has 1 saturated carbocycles. The van der Waals surface area contributed by atoms with E-state index in [1.165, 1.54) is 16.9 Å². The topological polar surface area (TPSA) is 64.0 Å². The summed E-state index contributed by atoms with van der Waals surface area (Å²) in [5.74, 6) is 0.0537. The average molecular weight is 358 g/mol. The highest BCUT2D eigenvalue weighted by Crippen LogP contribution is 2.40. The predicted octanol–water partition coefficient (Wildman–Crippen LogP) is 3.40. The van der Waals surface area contributed by atoms with Gasteiger partial charge in [-0.05, 0) is 24.0 Å². The summed E-state index contributed by atoms with van der Waals surface area (Å²) in [4.78, 5) is 14.9.